The molecular weight excluding hydrogens is 150 g/mol. The van der Waals surface area contributed by atoms with Gasteiger partial charge in [-0.2, -0.15) is 0 Å². The molecular formula is C6H7FN2O2. The van der Waals surface area contributed by atoms with Crippen molar-refractivity contribution in [1.29, 1.82) is 0 Å². The zero-order chi connectivity index (χ0) is 8.27. The Morgan fingerprint density at radius 1 is 1.45 bits per heavy atom. The van der Waals surface area contributed by atoms with Crippen molar-refractivity contribution < 1.29 is 4.39 Å². The summed E-state index contributed by atoms with van der Waals surface area (Å²) in [5, 5.41) is 0. The lowest BCUT2D eigenvalue weighted by atomic mass is 10.2. The number of hydrogen-bond donors (Lipinski definition) is 2. The Morgan fingerprint density at radius 3 is 2.73 bits per heavy atom. The molecule has 1 heterocycles. The van der Waals surface area contributed by atoms with Crippen molar-refractivity contribution in [1.82, 2.24) is 9.97 Å². The van der Waals surface area contributed by atoms with Gasteiger partial charge in [0.2, 0.25) is 0 Å². The maximum atomic E-state index is 11.7. The van der Waals surface area contributed by atoms with E-state index >= 15 is 0 Å². The third-order valence-corrected chi connectivity index (χ3v) is 1.26. The van der Waals surface area contributed by atoms with Gasteiger partial charge in [-0.25, -0.2) is 4.79 Å². The van der Waals surface area contributed by atoms with Crippen LogP contribution in [0.4, 0.5) is 4.39 Å². The molecule has 0 amide bonds. The molecule has 0 aliphatic rings. The molecule has 0 bridgehead atoms. The van der Waals surface area contributed by atoms with Gasteiger partial charge in [-0.15, -0.1) is 0 Å². The number of halogens is 1. The zero-order valence-electron chi connectivity index (χ0n) is 5.69. The van der Waals surface area contributed by atoms with E-state index in [4.69, 9.17) is 0 Å². The lowest BCUT2D eigenvalue weighted by molar-refractivity contribution is 0.493. The molecule has 11 heavy (non-hydrogen) atoms. The van der Waals surface area contributed by atoms with E-state index in [2.05, 4.69) is 4.98 Å². The van der Waals surface area contributed by atoms with Gasteiger partial charge in [0.1, 0.15) is 0 Å². The van der Waals surface area contributed by atoms with E-state index in [1.165, 1.54) is 6.20 Å². The van der Waals surface area contributed by atoms with E-state index in [0.29, 0.717) is 0 Å². The SMILES string of the molecule is O=c1[nH]cc(CC[18F])c(=O)[nH]1. The van der Waals surface area contributed by atoms with Gasteiger partial charge >= 0.3 is 5.69 Å². The average molecular weight is 157 g/mol. The van der Waals surface area contributed by atoms with E-state index in [0.717, 1.165) is 0 Å². The summed E-state index contributed by atoms with van der Waals surface area (Å²) in [6, 6.07) is 0. The predicted molar refractivity (Wildman–Crippen MR) is 37.4 cm³/mol. The molecule has 2 N–H and O–H groups in total. The van der Waals surface area contributed by atoms with E-state index in [1.807, 2.05) is 4.98 Å². The number of aryl methyl sites for hydroxylation is 1. The third kappa shape index (κ3) is 1.76. The second-order valence-electron chi connectivity index (χ2n) is 2.04. The molecule has 0 unspecified atom stereocenters. The third-order valence-electron chi connectivity index (χ3n) is 1.26. The lowest BCUT2D eigenvalue weighted by Gasteiger charge is -1.91. The topological polar surface area (TPSA) is 65.7 Å². The van der Waals surface area contributed by atoms with Crippen LogP contribution < -0.4 is 11.2 Å². The Kier molecular flexibility index (Phi) is 2.20. The number of aromatic amines is 2. The highest BCUT2D eigenvalue weighted by Gasteiger charge is 1.97. The molecule has 0 aliphatic carbocycles. The van der Waals surface area contributed by atoms with Gasteiger partial charge in [0.15, 0.2) is 0 Å². The summed E-state index contributed by atoms with van der Waals surface area (Å²) in [5.74, 6) is 0. The minimum absolute atomic E-state index is 0.0338. The lowest BCUT2D eigenvalue weighted by Crippen LogP contribution is -2.24. The second-order valence-corrected chi connectivity index (χ2v) is 2.04. The first-order chi connectivity index (χ1) is 5.24. The van der Waals surface area contributed by atoms with Crippen LogP contribution in [0.1, 0.15) is 5.56 Å². The fourth-order valence-electron chi connectivity index (χ4n) is 0.725. The summed E-state index contributed by atoms with van der Waals surface area (Å²) < 4.78 is 11.7. The number of nitrogens with one attached hydrogen (secondary N) is 2. The van der Waals surface area contributed by atoms with Crippen LogP contribution in [0.15, 0.2) is 15.8 Å². The molecule has 1 aromatic rings. The molecule has 60 valence electrons. The van der Waals surface area contributed by atoms with Crippen LogP contribution in [0.5, 0.6) is 0 Å². The standard InChI is InChI=1S/C6H7FN2O2/c7-2-1-4-3-8-6(11)9-5(4)10/h3H,1-2H2,(H2,8,9,10,11)/i7-1. The highest BCUT2D eigenvalue weighted by Crippen LogP contribution is 1.86. The molecule has 0 fully saturated rings. The fourth-order valence-corrected chi connectivity index (χ4v) is 0.725. The zero-order valence-corrected chi connectivity index (χ0v) is 5.69. The first-order valence-corrected chi connectivity index (χ1v) is 3.11. The maximum Gasteiger partial charge on any atom is 0.325 e. The van der Waals surface area contributed by atoms with Crippen molar-refractivity contribution in [3.63, 3.8) is 0 Å². The molecule has 0 aliphatic heterocycles. The Bertz CT molecular complexity index is 341. The molecule has 1 aromatic heterocycles. The van der Waals surface area contributed by atoms with Crippen LogP contribution in [0.3, 0.4) is 0 Å². The van der Waals surface area contributed by atoms with E-state index in [9.17, 15) is 14.0 Å². The summed E-state index contributed by atoms with van der Waals surface area (Å²) in [4.78, 5) is 25.5. The van der Waals surface area contributed by atoms with Gasteiger partial charge in [0, 0.05) is 18.2 Å². The monoisotopic (exact) mass is 157 g/mol. The molecule has 0 saturated carbocycles. The van der Waals surface area contributed by atoms with Crippen molar-refractivity contribution in [3.05, 3.63) is 32.6 Å². The van der Waals surface area contributed by atoms with Crippen LogP contribution in [0.2, 0.25) is 0 Å². The second kappa shape index (κ2) is 3.14. The van der Waals surface area contributed by atoms with E-state index in [1.54, 1.807) is 0 Å². The quantitative estimate of drug-likeness (QED) is 0.612. The average Bonchev–Trinajstić information content (AvgIpc) is 1.95. The first-order valence-electron chi connectivity index (χ1n) is 3.11. The maximum absolute atomic E-state index is 11.7. The number of hydrogen-bond acceptors (Lipinski definition) is 2. The highest BCUT2D eigenvalue weighted by atomic mass is 18.2. The summed E-state index contributed by atoms with van der Waals surface area (Å²) in [6.07, 6.45) is 1.26. The largest absolute Gasteiger partial charge is 0.325 e. The van der Waals surface area contributed by atoms with Crippen LogP contribution in [0, 0.1) is 0 Å². The van der Waals surface area contributed by atoms with Crippen LogP contribution in [-0.2, 0) is 6.42 Å². The molecule has 1 rings (SSSR count). The van der Waals surface area contributed by atoms with Crippen LogP contribution >= 0.6 is 0 Å². The van der Waals surface area contributed by atoms with E-state index < -0.39 is 17.9 Å². The van der Waals surface area contributed by atoms with Gasteiger partial charge in [-0.05, 0) is 0 Å². The van der Waals surface area contributed by atoms with Gasteiger partial charge < -0.3 is 4.98 Å². The molecule has 0 atom stereocenters. The first kappa shape index (κ1) is 7.71. The smallest absolute Gasteiger partial charge is 0.314 e. The van der Waals surface area contributed by atoms with Crippen molar-refractivity contribution >= 4 is 0 Å². The number of H-pyrrole nitrogens is 2. The Morgan fingerprint density at radius 2 is 2.18 bits per heavy atom. The fraction of sp³-hybridized carbons (Fsp3) is 0.333. The molecule has 4 nitrogen and oxygen atoms in total. The van der Waals surface area contributed by atoms with Gasteiger partial charge in [0.25, 0.3) is 5.56 Å². The van der Waals surface area contributed by atoms with E-state index in [-0.39, 0.29) is 12.0 Å². The van der Waals surface area contributed by atoms with Gasteiger partial charge in [0.05, 0.1) is 6.67 Å². The Balaban J connectivity index is 3.10. The predicted octanol–water partition coefficient (Wildman–Crippen LogP) is -0.425. The molecule has 0 saturated heterocycles. The van der Waals surface area contributed by atoms with Gasteiger partial charge in [-0.1, -0.05) is 0 Å². The minimum Gasteiger partial charge on any atom is -0.314 e. The molecule has 5 heteroatoms. The summed E-state index contributed by atoms with van der Waals surface area (Å²) >= 11 is 0. The Labute approximate surface area is 61.1 Å². The van der Waals surface area contributed by atoms with Crippen molar-refractivity contribution in [3.8, 4) is 0 Å². The van der Waals surface area contributed by atoms with Crippen molar-refractivity contribution in [2.45, 2.75) is 6.42 Å². The Hall–Kier alpha value is -1.39. The molecule has 0 spiro atoms. The van der Waals surface area contributed by atoms with Gasteiger partial charge in [-0.3, -0.25) is 14.2 Å². The summed E-state index contributed by atoms with van der Waals surface area (Å²) in [5.41, 5.74) is -0.837. The number of rotatable bonds is 2. The van der Waals surface area contributed by atoms with Crippen molar-refractivity contribution in [2.75, 3.05) is 6.67 Å². The minimum atomic E-state index is -0.602. The normalized spacial score (nSPS) is 9.91. The van der Waals surface area contributed by atoms with Crippen LogP contribution in [-0.4, -0.2) is 16.6 Å². The van der Waals surface area contributed by atoms with Crippen molar-refractivity contribution in [2.24, 2.45) is 0 Å². The van der Waals surface area contributed by atoms with Crippen LogP contribution in [0.25, 0.3) is 0 Å². The number of aromatic nitrogens is 2. The highest BCUT2D eigenvalue weighted by molar-refractivity contribution is 5.02. The summed E-state index contributed by atoms with van der Waals surface area (Å²) in [6.45, 7) is -0.602. The molecule has 0 aromatic carbocycles. The summed E-state index contributed by atoms with van der Waals surface area (Å²) in [7, 11) is 0. The number of alkyl halides is 1. The molecule has 0 radical (unpaired) electrons.